The van der Waals surface area contributed by atoms with Crippen LogP contribution < -0.4 is 10.6 Å². The minimum atomic E-state index is 0.0596. The molecule has 0 saturated heterocycles. The minimum absolute atomic E-state index is 0.0596. The standard InChI is InChI=1S/C29H33N3O/c1-17-10-24-23-4-2-3-5-25(23)31-27(24)26(30-17)21-6-8-22(9-7-21)28(33)32-29-14-18-11-19(15-29)13-20(12-18)16-29/h2-9,17-20,26,30-31H,10-16H2,1H3,(H,32,33)/t17-,18?,19?,20?,26-,29?/m0/s1. The van der Waals surface area contributed by atoms with Crippen molar-refractivity contribution in [1.29, 1.82) is 0 Å². The first kappa shape index (κ1) is 19.8. The summed E-state index contributed by atoms with van der Waals surface area (Å²) in [4.78, 5) is 16.9. The van der Waals surface area contributed by atoms with Gasteiger partial charge in [0.1, 0.15) is 0 Å². The van der Waals surface area contributed by atoms with Crippen LogP contribution in [-0.4, -0.2) is 22.5 Å². The van der Waals surface area contributed by atoms with Gasteiger partial charge in [-0.3, -0.25) is 4.79 Å². The fraction of sp³-hybridized carbons (Fsp3) is 0.483. The molecule has 1 aliphatic heterocycles. The maximum absolute atomic E-state index is 13.3. The van der Waals surface area contributed by atoms with Crippen LogP contribution in [0.25, 0.3) is 10.9 Å². The number of H-pyrrole nitrogens is 1. The number of fused-ring (bicyclic) bond motifs is 3. The van der Waals surface area contributed by atoms with E-state index in [1.165, 1.54) is 66.2 Å². The highest BCUT2D eigenvalue weighted by molar-refractivity contribution is 5.94. The van der Waals surface area contributed by atoms with Gasteiger partial charge >= 0.3 is 0 Å². The van der Waals surface area contributed by atoms with Crippen molar-refractivity contribution >= 4 is 16.8 Å². The third-order valence-electron chi connectivity index (χ3n) is 9.02. The summed E-state index contributed by atoms with van der Waals surface area (Å²) < 4.78 is 0. The molecule has 2 aromatic carbocycles. The van der Waals surface area contributed by atoms with Gasteiger partial charge < -0.3 is 15.6 Å². The molecule has 4 nitrogen and oxygen atoms in total. The third kappa shape index (κ3) is 3.25. The molecule has 1 amide bonds. The highest BCUT2D eigenvalue weighted by atomic mass is 16.1. The lowest BCUT2D eigenvalue weighted by atomic mass is 9.53. The molecule has 4 saturated carbocycles. The lowest BCUT2D eigenvalue weighted by Crippen LogP contribution is -2.59. The van der Waals surface area contributed by atoms with E-state index in [1.807, 2.05) is 12.1 Å². The lowest BCUT2D eigenvalue weighted by molar-refractivity contribution is -0.0167. The summed E-state index contributed by atoms with van der Waals surface area (Å²) in [6.45, 7) is 2.25. The van der Waals surface area contributed by atoms with Crippen molar-refractivity contribution in [3.8, 4) is 0 Å². The molecule has 5 aliphatic rings. The fourth-order valence-electron chi connectivity index (χ4n) is 8.09. The number of benzene rings is 2. The minimum Gasteiger partial charge on any atom is -0.357 e. The second-order valence-electron chi connectivity index (χ2n) is 11.5. The summed E-state index contributed by atoms with van der Waals surface area (Å²) in [5.41, 5.74) is 5.95. The van der Waals surface area contributed by atoms with Crippen LogP contribution in [0.1, 0.15) is 78.7 Å². The maximum Gasteiger partial charge on any atom is 0.251 e. The first-order valence-electron chi connectivity index (χ1n) is 12.8. The monoisotopic (exact) mass is 439 g/mol. The molecular formula is C29H33N3O. The molecule has 4 fully saturated rings. The summed E-state index contributed by atoms with van der Waals surface area (Å²) in [6.07, 6.45) is 8.79. The highest BCUT2D eigenvalue weighted by Gasteiger charge is 2.51. The predicted octanol–water partition coefficient (Wildman–Crippen LogP) is 5.49. The Bertz CT molecular complexity index is 1190. The van der Waals surface area contributed by atoms with Gasteiger partial charge in [0.25, 0.3) is 5.91 Å². The number of hydrogen-bond donors (Lipinski definition) is 3. The van der Waals surface area contributed by atoms with E-state index in [1.54, 1.807) is 0 Å². The molecule has 8 rings (SSSR count). The van der Waals surface area contributed by atoms with Crippen molar-refractivity contribution in [2.75, 3.05) is 0 Å². The molecule has 2 heterocycles. The van der Waals surface area contributed by atoms with Crippen LogP contribution in [0, 0.1) is 17.8 Å². The van der Waals surface area contributed by atoms with Gasteiger partial charge in [0.2, 0.25) is 0 Å². The zero-order valence-electron chi connectivity index (χ0n) is 19.4. The van der Waals surface area contributed by atoms with E-state index in [2.05, 4.69) is 58.9 Å². The number of aromatic amines is 1. The molecule has 0 spiro atoms. The van der Waals surface area contributed by atoms with Crippen molar-refractivity contribution in [3.05, 3.63) is 70.9 Å². The van der Waals surface area contributed by atoms with Crippen molar-refractivity contribution in [1.82, 2.24) is 15.6 Å². The molecule has 4 heteroatoms. The Hall–Kier alpha value is -2.59. The number of rotatable bonds is 3. The van der Waals surface area contributed by atoms with E-state index >= 15 is 0 Å². The number of para-hydroxylation sites is 1. The number of amides is 1. The van der Waals surface area contributed by atoms with Gasteiger partial charge in [0, 0.05) is 33.7 Å². The number of hydrogen-bond acceptors (Lipinski definition) is 2. The molecule has 4 aliphatic carbocycles. The summed E-state index contributed by atoms with van der Waals surface area (Å²) in [5, 5.41) is 8.62. The van der Waals surface area contributed by atoms with Crippen molar-refractivity contribution in [2.45, 2.75) is 69.5 Å². The Morgan fingerprint density at radius 1 is 0.939 bits per heavy atom. The van der Waals surface area contributed by atoms with Crippen LogP contribution >= 0.6 is 0 Å². The molecule has 3 aromatic rings. The molecule has 2 atom stereocenters. The number of carbonyl (C=O) groups excluding carboxylic acids is 1. The molecule has 0 unspecified atom stereocenters. The van der Waals surface area contributed by atoms with Gasteiger partial charge in [-0.1, -0.05) is 30.3 Å². The van der Waals surface area contributed by atoms with Gasteiger partial charge in [0.05, 0.1) is 6.04 Å². The number of nitrogens with one attached hydrogen (secondary N) is 3. The Morgan fingerprint density at radius 3 is 2.30 bits per heavy atom. The molecule has 170 valence electrons. The fourth-order valence-corrected chi connectivity index (χ4v) is 8.09. The second-order valence-corrected chi connectivity index (χ2v) is 11.5. The smallest absolute Gasteiger partial charge is 0.251 e. The normalized spacial score (nSPS) is 34.4. The van der Waals surface area contributed by atoms with E-state index in [-0.39, 0.29) is 17.5 Å². The Balaban J connectivity index is 1.14. The van der Waals surface area contributed by atoms with Crippen LogP contribution in [0.3, 0.4) is 0 Å². The zero-order chi connectivity index (χ0) is 22.2. The van der Waals surface area contributed by atoms with Gasteiger partial charge in [0.15, 0.2) is 0 Å². The van der Waals surface area contributed by atoms with Crippen LogP contribution in [0.4, 0.5) is 0 Å². The van der Waals surface area contributed by atoms with E-state index in [9.17, 15) is 4.79 Å². The average Bonchev–Trinajstić information content (AvgIpc) is 3.16. The first-order chi connectivity index (χ1) is 16.1. The van der Waals surface area contributed by atoms with Crippen molar-refractivity contribution in [3.63, 3.8) is 0 Å². The predicted molar refractivity (Wildman–Crippen MR) is 131 cm³/mol. The molecule has 0 radical (unpaired) electrons. The van der Waals surface area contributed by atoms with Crippen LogP contribution in [0.15, 0.2) is 48.5 Å². The van der Waals surface area contributed by atoms with E-state index < -0.39 is 0 Å². The average molecular weight is 440 g/mol. The largest absolute Gasteiger partial charge is 0.357 e. The van der Waals surface area contributed by atoms with Crippen LogP contribution in [0.5, 0.6) is 0 Å². The molecule has 4 bridgehead atoms. The Morgan fingerprint density at radius 2 is 1.61 bits per heavy atom. The van der Waals surface area contributed by atoms with Gasteiger partial charge in [-0.25, -0.2) is 0 Å². The Labute approximate surface area is 195 Å². The van der Waals surface area contributed by atoms with Gasteiger partial charge in [-0.05, 0) is 98.9 Å². The summed E-state index contributed by atoms with van der Waals surface area (Å²) in [6, 6.07) is 17.4. The Kier molecular flexibility index (Phi) is 4.33. The molecular weight excluding hydrogens is 406 g/mol. The van der Waals surface area contributed by atoms with E-state index in [0.29, 0.717) is 6.04 Å². The summed E-state index contributed by atoms with van der Waals surface area (Å²) in [5.74, 6) is 2.62. The van der Waals surface area contributed by atoms with Gasteiger partial charge in [-0.15, -0.1) is 0 Å². The lowest BCUT2D eigenvalue weighted by Gasteiger charge is -2.56. The summed E-state index contributed by atoms with van der Waals surface area (Å²) >= 11 is 0. The van der Waals surface area contributed by atoms with Crippen LogP contribution in [-0.2, 0) is 6.42 Å². The van der Waals surface area contributed by atoms with E-state index in [0.717, 1.165) is 29.7 Å². The number of carbonyl (C=O) groups is 1. The molecule has 1 aromatic heterocycles. The SMILES string of the molecule is C[C@H]1Cc2c([nH]c3ccccc23)[C@H](c2ccc(C(=O)NC34CC5CC(CC(C5)C3)C4)cc2)N1. The van der Waals surface area contributed by atoms with Crippen molar-refractivity contribution in [2.24, 2.45) is 17.8 Å². The highest BCUT2D eigenvalue weighted by Crippen LogP contribution is 2.55. The topological polar surface area (TPSA) is 56.9 Å². The van der Waals surface area contributed by atoms with Crippen molar-refractivity contribution < 1.29 is 4.79 Å². The first-order valence-corrected chi connectivity index (χ1v) is 12.8. The van der Waals surface area contributed by atoms with Crippen LogP contribution in [0.2, 0.25) is 0 Å². The quantitative estimate of drug-likeness (QED) is 0.505. The van der Waals surface area contributed by atoms with E-state index in [4.69, 9.17) is 0 Å². The third-order valence-corrected chi connectivity index (χ3v) is 9.02. The molecule has 3 N–H and O–H groups in total. The second kappa shape index (κ2) is 7.20. The maximum atomic E-state index is 13.3. The zero-order valence-corrected chi connectivity index (χ0v) is 19.4. The molecule has 33 heavy (non-hydrogen) atoms. The number of aromatic nitrogens is 1. The summed E-state index contributed by atoms with van der Waals surface area (Å²) in [7, 11) is 0. The van der Waals surface area contributed by atoms with Gasteiger partial charge in [-0.2, -0.15) is 0 Å².